The average molecular weight is 255 g/mol. The van der Waals surface area contributed by atoms with Crippen molar-refractivity contribution in [1.82, 2.24) is 0 Å². The Morgan fingerprint density at radius 2 is 2.00 bits per heavy atom. The van der Waals surface area contributed by atoms with E-state index in [9.17, 15) is 8.76 Å². The lowest BCUT2D eigenvalue weighted by Crippen LogP contribution is -2.06. The van der Waals surface area contributed by atoms with Crippen molar-refractivity contribution in [2.24, 2.45) is 0 Å². The number of nitrogens with one attached hydrogen (secondary N) is 1. The molecular formula is C13H21NO2S. The van der Waals surface area contributed by atoms with E-state index in [2.05, 4.69) is 12.2 Å². The monoisotopic (exact) mass is 255 g/mol. The van der Waals surface area contributed by atoms with Crippen molar-refractivity contribution in [1.29, 1.82) is 0 Å². The van der Waals surface area contributed by atoms with Crippen LogP contribution in [0, 0.1) is 13.8 Å². The third kappa shape index (κ3) is 3.82. The Kier molecular flexibility index (Phi) is 5.65. The summed E-state index contributed by atoms with van der Waals surface area (Å²) in [7, 11) is 0. The number of aryl methyl sites for hydroxylation is 1. The summed E-state index contributed by atoms with van der Waals surface area (Å²) in [6.45, 7) is 6.83. The van der Waals surface area contributed by atoms with E-state index in [-0.39, 0.29) is 0 Å². The highest BCUT2D eigenvalue weighted by atomic mass is 32.2. The van der Waals surface area contributed by atoms with E-state index in [4.69, 9.17) is 0 Å². The minimum absolute atomic E-state index is 0.533. The van der Waals surface area contributed by atoms with Crippen LogP contribution in [0.4, 0.5) is 5.69 Å². The van der Waals surface area contributed by atoms with E-state index in [0.717, 1.165) is 29.8 Å². The zero-order valence-corrected chi connectivity index (χ0v) is 11.6. The van der Waals surface area contributed by atoms with Gasteiger partial charge in [-0.3, -0.25) is 0 Å². The minimum Gasteiger partial charge on any atom is -0.385 e. The van der Waals surface area contributed by atoms with Gasteiger partial charge >= 0.3 is 0 Å². The maximum Gasteiger partial charge on any atom is 0.187 e. The molecule has 0 aliphatic rings. The molecule has 2 N–H and O–H groups in total. The third-order valence-electron chi connectivity index (χ3n) is 2.87. The summed E-state index contributed by atoms with van der Waals surface area (Å²) in [5.41, 5.74) is 2.70. The molecule has 0 spiro atoms. The summed E-state index contributed by atoms with van der Waals surface area (Å²) < 4.78 is 20.5. The van der Waals surface area contributed by atoms with Crippen molar-refractivity contribution in [3.63, 3.8) is 0 Å². The fourth-order valence-electron chi connectivity index (χ4n) is 1.89. The molecule has 0 fully saturated rings. The Morgan fingerprint density at radius 3 is 2.59 bits per heavy atom. The fraction of sp³-hybridized carbons (Fsp3) is 0.538. The number of hydrogen-bond acceptors (Lipinski definition) is 2. The molecule has 1 atom stereocenters. The van der Waals surface area contributed by atoms with Crippen molar-refractivity contribution in [3.8, 4) is 0 Å². The highest BCUT2D eigenvalue weighted by Crippen LogP contribution is 2.24. The van der Waals surface area contributed by atoms with Crippen LogP contribution < -0.4 is 5.32 Å². The van der Waals surface area contributed by atoms with Crippen LogP contribution in [0.5, 0.6) is 0 Å². The van der Waals surface area contributed by atoms with Gasteiger partial charge in [0.25, 0.3) is 0 Å². The zero-order chi connectivity index (χ0) is 12.8. The number of anilines is 1. The standard InChI is InChI=1S/C13H21NO2S/c1-4-5-6-9-14-12-8-7-10(2)13(11(12)3)17(15)16/h7-8,14H,4-6,9H2,1-3H3,(H,15,16). The number of unbranched alkanes of at least 4 members (excludes halogenated alkanes) is 2. The molecule has 0 saturated carbocycles. The van der Waals surface area contributed by atoms with Crippen LogP contribution in [-0.4, -0.2) is 15.3 Å². The Bertz CT molecular complexity index is 405. The second-order valence-corrected chi connectivity index (χ2v) is 5.17. The quantitative estimate of drug-likeness (QED) is 0.604. The molecule has 0 radical (unpaired) electrons. The van der Waals surface area contributed by atoms with Crippen LogP contribution in [0.3, 0.4) is 0 Å². The molecule has 4 heteroatoms. The second kappa shape index (κ2) is 6.77. The lowest BCUT2D eigenvalue weighted by atomic mass is 10.1. The zero-order valence-electron chi connectivity index (χ0n) is 10.7. The number of rotatable bonds is 6. The molecular weight excluding hydrogens is 234 g/mol. The van der Waals surface area contributed by atoms with Crippen molar-refractivity contribution >= 4 is 16.8 Å². The first kappa shape index (κ1) is 14.2. The summed E-state index contributed by atoms with van der Waals surface area (Å²) in [5.74, 6) is 0. The largest absolute Gasteiger partial charge is 0.385 e. The maximum absolute atomic E-state index is 11.3. The molecule has 0 aliphatic heterocycles. The topological polar surface area (TPSA) is 49.3 Å². The third-order valence-corrected chi connectivity index (χ3v) is 3.85. The summed E-state index contributed by atoms with van der Waals surface area (Å²) in [5, 5.41) is 3.32. The van der Waals surface area contributed by atoms with E-state index in [1.54, 1.807) is 0 Å². The van der Waals surface area contributed by atoms with Crippen LogP contribution in [0.2, 0.25) is 0 Å². The van der Waals surface area contributed by atoms with E-state index >= 15 is 0 Å². The van der Waals surface area contributed by atoms with Gasteiger partial charge in [-0.05, 0) is 37.5 Å². The molecule has 17 heavy (non-hydrogen) atoms. The Balaban J connectivity index is 2.80. The van der Waals surface area contributed by atoms with Gasteiger partial charge in [0.1, 0.15) is 0 Å². The van der Waals surface area contributed by atoms with Gasteiger partial charge in [0.15, 0.2) is 11.1 Å². The predicted octanol–water partition coefficient (Wildman–Crippen LogP) is 3.49. The summed E-state index contributed by atoms with van der Waals surface area (Å²) >= 11 is -1.91. The summed E-state index contributed by atoms with van der Waals surface area (Å²) in [4.78, 5) is 0.533. The Labute approximate surface area is 106 Å². The fourth-order valence-corrected chi connectivity index (χ4v) is 2.60. The molecule has 1 unspecified atom stereocenters. The van der Waals surface area contributed by atoms with Gasteiger partial charge in [0.2, 0.25) is 0 Å². The molecule has 0 bridgehead atoms. The van der Waals surface area contributed by atoms with Crippen LogP contribution in [0.1, 0.15) is 37.3 Å². The maximum atomic E-state index is 11.3. The molecule has 0 saturated heterocycles. The minimum atomic E-state index is -1.91. The van der Waals surface area contributed by atoms with Crippen molar-refractivity contribution < 1.29 is 8.76 Å². The predicted molar refractivity (Wildman–Crippen MR) is 73.0 cm³/mol. The summed E-state index contributed by atoms with van der Waals surface area (Å²) in [6, 6.07) is 3.87. The summed E-state index contributed by atoms with van der Waals surface area (Å²) in [6.07, 6.45) is 3.53. The van der Waals surface area contributed by atoms with Crippen LogP contribution >= 0.6 is 0 Å². The molecule has 0 heterocycles. The Hall–Kier alpha value is -0.870. The highest BCUT2D eigenvalue weighted by molar-refractivity contribution is 7.79. The number of hydrogen-bond donors (Lipinski definition) is 2. The molecule has 96 valence electrons. The van der Waals surface area contributed by atoms with Crippen LogP contribution in [0.15, 0.2) is 17.0 Å². The van der Waals surface area contributed by atoms with Gasteiger partial charge < -0.3 is 9.87 Å². The van der Waals surface area contributed by atoms with Crippen LogP contribution in [-0.2, 0) is 11.1 Å². The van der Waals surface area contributed by atoms with Gasteiger partial charge in [-0.2, -0.15) is 0 Å². The van der Waals surface area contributed by atoms with Crippen molar-refractivity contribution in [3.05, 3.63) is 23.3 Å². The van der Waals surface area contributed by atoms with Gasteiger partial charge in [-0.1, -0.05) is 25.8 Å². The molecule has 1 rings (SSSR count). The molecule has 1 aromatic carbocycles. The SMILES string of the molecule is CCCCCNc1ccc(C)c(S(=O)O)c1C. The Morgan fingerprint density at radius 1 is 1.29 bits per heavy atom. The number of benzene rings is 1. The first-order valence-corrected chi connectivity index (χ1v) is 7.13. The van der Waals surface area contributed by atoms with Crippen molar-refractivity contribution in [2.45, 2.75) is 44.9 Å². The molecule has 0 amide bonds. The first-order chi connectivity index (χ1) is 8.07. The lowest BCUT2D eigenvalue weighted by Gasteiger charge is -2.13. The normalized spacial score (nSPS) is 12.5. The van der Waals surface area contributed by atoms with Crippen LogP contribution in [0.25, 0.3) is 0 Å². The van der Waals surface area contributed by atoms with Crippen molar-refractivity contribution in [2.75, 3.05) is 11.9 Å². The smallest absolute Gasteiger partial charge is 0.187 e. The van der Waals surface area contributed by atoms with E-state index in [0.29, 0.717) is 4.90 Å². The van der Waals surface area contributed by atoms with Gasteiger partial charge in [0, 0.05) is 12.2 Å². The molecule has 3 nitrogen and oxygen atoms in total. The molecule has 0 aromatic heterocycles. The molecule has 1 aromatic rings. The first-order valence-electron chi connectivity index (χ1n) is 6.02. The van der Waals surface area contributed by atoms with E-state index < -0.39 is 11.1 Å². The molecule has 0 aliphatic carbocycles. The highest BCUT2D eigenvalue weighted by Gasteiger charge is 2.11. The second-order valence-electron chi connectivity index (χ2n) is 4.27. The van der Waals surface area contributed by atoms with Gasteiger partial charge in [-0.25, -0.2) is 4.21 Å². The average Bonchev–Trinajstić information content (AvgIpc) is 2.26. The lowest BCUT2D eigenvalue weighted by molar-refractivity contribution is 0.563. The van der Waals surface area contributed by atoms with Gasteiger partial charge in [-0.15, -0.1) is 0 Å². The van der Waals surface area contributed by atoms with E-state index in [1.807, 2.05) is 26.0 Å². The van der Waals surface area contributed by atoms with Gasteiger partial charge in [0.05, 0.1) is 4.90 Å². The van der Waals surface area contributed by atoms with E-state index in [1.165, 1.54) is 12.8 Å².